The second-order valence-electron chi connectivity index (χ2n) is 7.99. The molecule has 7 heteroatoms. The SMILES string of the molecule is CN1CCC(c2ncc3c(n2)CCN(C(=O)COC[C@@H]2CCCO2)C3)CC1. The van der Waals surface area contributed by atoms with Gasteiger partial charge in [-0.25, -0.2) is 9.97 Å². The number of nitrogens with zero attached hydrogens (tertiary/aromatic N) is 4. The van der Waals surface area contributed by atoms with Crippen LogP contribution in [0.25, 0.3) is 0 Å². The van der Waals surface area contributed by atoms with Gasteiger partial charge in [-0.2, -0.15) is 0 Å². The molecular formula is C20H30N4O3. The first-order valence-corrected chi connectivity index (χ1v) is 10.2. The van der Waals surface area contributed by atoms with Gasteiger partial charge in [0.2, 0.25) is 5.91 Å². The Morgan fingerprint density at radius 1 is 1.30 bits per heavy atom. The van der Waals surface area contributed by atoms with Gasteiger partial charge in [0, 0.05) is 43.8 Å². The van der Waals surface area contributed by atoms with Gasteiger partial charge in [-0.05, 0) is 45.8 Å². The first-order valence-electron chi connectivity index (χ1n) is 10.2. The molecule has 27 heavy (non-hydrogen) atoms. The van der Waals surface area contributed by atoms with Crippen LogP contribution >= 0.6 is 0 Å². The van der Waals surface area contributed by atoms with Crippen molar-refractivity contribution in [2.45, 2.75) is 50.7 Å². The number of fused-ring (bicyclic) bond motifs is 1. The summed E-state index contributed by atoms with van der Waals surface area (Å²) in [5.41, 5.74) is 2.19. The Bertz CT molecular complexity index is 655. The van der Waals surface area contributed by atoms with Crippen LogP contribution in [0.5, 0.6) is 0 Å². The number of amides is 1. The molecule has 0 bridgehead atoms. The highest BCUT2D eigenvalue weighted by Crippen LogP contribution is 2.26. The Morgan fingerprint density at radius 3 is 2.93 bits per heavy atom. The van der Waals surface area contributed by atoms with E-state index in [4.69, 9.17) is 14.5 Å². The van der Waals surface area contributed by atoms with Crippen molar-refractivity contribution in [3.8, 4) is 0 Å². The number of aromatic nitrogens is 2. The number of likely N-dealkylation sites (tertiary alicyclic amines) is 1. The number of hydrogen-bond acceptors (Lipinski definition) is 6. The lowest BCUT2D eigenvalue weighted by atomic mass is 9.95. The van der Waals surface area contributed by atoms with Crippen molar-refractivity contribution in [1.29, 1.82) is 0 Å². The summed E-state index contributed by atoms with van der Waals surface area (Å²) in [6, 6.07) is 0. The summed E-state index contributed by atoms with van der Waals surface area (Å²) >= 11 is 0. The van der Waals surface area contributed by atoms with Crippen LogP contribution in [0.1, 0.15) is 48.7 Å². The molecule has 2 saturated heterocycles. The van der Waals surface area contributed by atoms with Crippen molar-refractivity contribution in [2.24, 2.45) is 0 Å². The van der Waals surface area contributed by atoms with E-state index in [0.29, 0.717) is 25.6 Å². The highest BCUT2D eigenvalue weighted by molar-refractivity contribution is 5.77. The zero-order valence-corrected chi connectivity index (χ0v) is 16.2. The third-order valence-corrected chi connectivity index (χ3v) is 5.94. The van der Waals surface area contributed by atoms with E-state index in [1.54, 1.807) is 0 Å². The average Bonchev–Trinajstić information content (AvgIpc) is 3.21. The van der Waals surface area contributed by atoms with Crippen molar-refractivity contribution >= 4 is 5.91 Å². The number of carbonyl (C=O) groups is 1. The topological polar surface area (TPSA) is 67.8 Å². The van der Waals surface area contributed by atoms with Crippen LogP contribution in [-0.4, -0.2) is 78.3 Å². The maximum atomic E-state index is 12.4. The van der Waals surface area contributed by atoms with E-state index in [0.717, 1.165) is 68.9 Å². The maximum Gasteiger partial charge on any atom is 0.248 e. The molecule has 3 aliphatic rings. The Kier molecular flexibility index (Phi) is 6.00. The quantitative estimate of drug-likeness (QED) is 0.775. The van der Waals surface area contributed by atoms with Gasteiger partial charge < -0.3 is 19.3 Å². The molecule has 0 saturated carbocycles. The molecule has 2 fully saturated rings. The molecule has 0 radical (unpaired) electrons. The van der Waals surface area contributed by atoms with E-state index in [2.05, 4.69) is 16.9 Å². The summed E-state index contributed by atoms with van der Waals surface area (Å²) in [6.45, 7) is 4.97. The van der Waals surface area contributed by atoms with Gasteiger partial charge in [0.1, 0.15) is 12.4 Å². The summed E-state index contributed by atoms with van der Waals surface area (Å²) < 4.78 is 11.1. The van der Waals surface area contributed by atoms with Crippen LogP contribution in [0.4, 0.5) is 0 Å². The maximum absolute atomic E-state index is 12.4. The first kappa shape index (κ1) is 18.8. The molecule has 0 unspecified atom stereocenters. The fourth-order valence-electron chi connectivity index (χ4n) is 4.15. The van der Waals surface area contributed by atoms with Crippen LogP contribution < -0.4 is 0 Å². The third-order valence-electron chi connectivity index (χ3n) is 5.94. The normalized spacial score (nSPS) is 24.2. The summed E-state index contributed by atoms with van der Waals surface area (Å²) in [7, 11) is 2.17. The number of piperidine rings is 1. The first-order chi connectivity index (χ1) is 13.2. The molecule has 0 aromatic carbocycles. The minimum atomic E-state index is 0.0399. The van der Waals surface area contributed by atoms with E-state index in [9.17, 15) is 4.79 Å². The van der Waals surface area contributed by atoms with Crippen LogP contribution in [0.3, 0.4) is 0 Å². The zero-order chi connectivity index (χ0) is 18.6. The van der Waals surface area contributed by atoms with Crippen molar-refractivity contribution in [3.63, 3.8) is 0 Å². The highest BCUT2D eigenvalue weighted by Gasteiger charge is 2.26. The van der Waals surface area contributed by atoms with Crippen LogP contribution in [-0.2, 0) is 27.2 Å². The van der Waals surface area contributed by atoms with Crippen molar-refractivity contribution in [1.82, 2.24) is 19.8 Å². The Labute approximate surface area is 161 Å². The molecule has 1 amide bonds. The lowest BCUT2D eigenvalue weighted by Crippen LogP contribution is -2.39. The van der Waals surface area contributed by atoms with E-state index < -0.39 is 0 Å². The van der Waals surface area contributed by atoms with E-state index in [1.165, 1.54) is 0 Å². The molecule has 4 rings (SSSR count). The van der Waals surface area contributed by atoms with Gasteiger partial charge in [0.05, 0.1) is 18.4 Å². The fraction of sp³-hybridized carbons (Fsp3) is 0.750. The lowest BCUT2D eigenvalue weighted by molar-refractivity contribution is -0.138. The third kappa shape index (κ3) is 4.65. The average molecular weight is 374 g/mol. The molecule has 0 N–H and O–H groups in total. The zero-order valence-electron chi connectivity index (χ0n) is 16.2. The van der Waals surface area contributed by atoms with Crippen molar-refractivity contribution < 1.29 is 14.3 Å². The second kappa shape index (κ2) is 8.63. The molecule has 1 atom stereocenters. The molecule has 4 heterocycles. The van der Waals surface area contributed by atoms with Gasteiger partial charge >= 0.3 is 0 Å². The Balaban J connectivity index is 1.29. The van der Waals surface area contributed by atoms with Crippen molar-refractivity contribution in [2.75, 3.05) is 46.5 Å². The lowest BCUT2D eigenvalue weighted by Gasteiger charge is -2.30. The van der Waals surface area contributed by atoms with Crippen LogP contribution in [0, 0.1) is 0 Å². The fourth-order valence-corrected chi connectivity index (χ4v) is 4.15. The summed E-state index contributed by atoms with van der Waals surface area (Å²) in [5, 5.41) is 0. The molecule has 3 aliphatic heterocycles. The number of hydrogen-bond donors (Lipinski definition) is 0. The van der Waals surface area contributed by atoms with Gasteiger partial charge in [0.25, 0.3) is 0 Å². The van der Waals surface area contributed by atoms with E-state index in [1.807, 2.05) is 11.1 Å². The molecule has 148 valence electrons. The minimum Gasteiger partial charge on any atom is -0.376 e. The summed E-state index contributed by atoms with van der Waals surface area (Å²) in [5.74, 6) is 1.50. The van der Waals surface area contributed by atoms with Gasteiger partial charge in [0.15, 0.2) is 0 Å². The van der Waals surface area contributed by atoms with Crippen molar-refractivity contribution in [3.05, 3.63) is 23.3 Å². The molecule has 0 spiro atoms. The van der Waals surface area contributed by atoms with E-state index >= 15 is 0 Å². The highest BCUT2D eigenvalue weighted by atomic mass is 16.5. The number of carbonyl (C=O) groups excluding carboxylic acids is 1. The minimum absolute atomic E-state index is 0.0399. The Hall–Kier alpha value is -1.57. The van der Waals surface area contributed by atoms with Gasteiger partial charge in [-0.1, -0.05) is 0 Å². The predicted molar refractivity (Wildman–Crippen MR) is 100 cm³/mol. The monoisotopic (exact) mass is 374 g/mol. The van der Waals surface area contributed by atoms with Gasteiger partial charge in [-0.15, -0.1) is 0 Å². The smallest absolute Gasteiger partial charge is 0.248 e. The van der Waals surface area contributed by atoms with E-state index in [-0.39, 0.29) is 18.6 Å². The number of rotatable bonds is 5. The molecular weight excluding hydrogens is 344 g/mol. The van der Waals surface area contributed by atoms with Crippen LogP contribution in [0.2, 0.25) is 0 Å². The predicted octanol–water partition coefficient (Wildman–Crippen LogP) is 1.37. The molecule has 7 nitrogen and oxygen atoms in total. The second-order valence-corrected chi connectivity index (χ2v) is 7.99. The summed E-state index contributed by atoms with van der Waals surface area (Å²) in [4.78, 5) is 26.1. The van der Waals surface area contributed by atoms with Gasteiger partial charge in [-0.3, -0.25) is 4.79 Å². The standard InChI is InChI=1S/C20H30N4O3/c1-23-7-4-15(5-8-23)20-21-11-16-12-24(9-6-18(16)22-20)19(25)14-26-13-17-3-2-10-27-17/h11,15,17H,2-10,12-14H2,1H3/t17-/m0/s1. The number of ether oxygens (including phenoxy) is 2. The molecule has 0 aliphatic carbocycles. The summed E-state index contributed by atoms with van der Waals surface area (Å²) in [6.07, 6.45) is 7.26. The Morgan fingerprint density at radius 2 is 2.15 bits per heavy atom. The largest absolute Gasteiger partial charge is 0.376 e. The molecule has 1 aromatic rings. The molecule has 1 aromatic heterocycles. The van der Waals surface area contributed by atoms with Crippen LogP contribution in [0.15, 0.2) is 6.20 Å².